The summed E-state index contributed by atoms with van der Waals surface area (Å²) in [5, 5.41) is 4.73. The Balaban J connectivity index is 2.19. The molecule has 1 rings (SSSR count). The third-order valence-corrected chi connectivity index (χ3v) is 2.77. The number of carbonyl (C=O) groups is 1. The summed E-state index contributed by atoms with van der Waals surface area (Å²) in [6.07, 6.45) is -1.52. The Morgan fingerprint density at radius 3 is 2.71 bits per heavy atom. The Bertz CT molecular complexity index is 258. The number of halogens is 3. The van der Waals surface area contributed by atoms with E-state index in [1.165, 1.54) is 0 Å². The summed E-state index contributed by atoms with van der Waals surface area (Å²) in [5.74, 6) is -0.649. The maximum atomic E-state index is 11.8. The van der Waals surface area contributed by atoms with Gasteiger partial charge >= 0.3 is 6.18 Å². The first-order valence-electron chi connectivity index (χ1n) is 5.52. The quantitative estimate of drug-likeness (QED) is 0.763. The summed E-state index contributed by atoms with van der Waals surface area (Å²) in [7, 11) is 1.59. The largest absolute Gasteiger partial charge is 0.405 e. The fourth-order valence-electron chi connectivity index (χ4n) is 1.93. The molecule has 4 nitrogen and oxygen atoms in total. The fourth-order valence-corrected chi connectivity index (χ4v) is 1.93. The van der Waals surface area contributed by atoms with Gasteiger partial charge in [-0.25, -0.2) is 0 Å². The van der Waals surface area contributed by atoms with Gasteiger partial charge in [-0.1, -0.05) is 0 Å². The van der Waals surface area contributed by atoms with Crippen molar-refractivity contribution in [1.29, 1.82) is 0 Å². The molecule has 1 saturated carbocycles. The van der Waals surface area contributed by atoms with Gasteiger partial charge in [-0.2, -0.15) is 13.2 Å². The number of carbonyl (C=O) groups excluding carboxylic acids is 1. The first kappa shape index (κ1) is 14.2. The predicted octanol–water partition coefficient (Wildman–Crippen LogP) is 0.822. The van der Waals surface area contributed by atoms with E-state index in [-0.39, 0.29) is 18.7 Å². The van der Waals surface area contributed by atoms with Crippen LogP contribution in [0.15, 0.2) is 0 Å². The van der Waals surface area contributed by atoms with Gasteiger partial charge in [0.05, 0.1) is 12.6 Å². The second-order valence-electron chi connectivity index (χ2n) is 4.08. The summed E-state index contributed by atoms with van der Waals surface area (Å²) in [4.78, 5) is 11.1. The zero-order chi connectivity index (χ0) is 12.9. The second kappa shape index (κ2) is 6.20. The van der Waals surface area contributed by atoms with Crippen molar-refractivity contribution in [3.8, 4) is 0 Å². The molecule has 0 aliphatic heterocycles. The number of ether oxygens (including phenoxy) is 1. The second-order valence-corrected chi connectivity index (χ2v) is 4.08. The van der Waals surface area contributed by atoms with E-state index >= 15 is 0 Å². The number of alkyl halides is 3. The standard InChI is InChI=1S/C10H17F3N2O2/c1-17-8-4-2-3-7(8)14-5-9(16)15-6-10(11,12)13/h7-8,14H,2-6H2,1H3,(H,15,16). The van der Waals surface area contributed by atoms with Gasteiger partial charge in [0, 0.05) is 13.2 Å². The molecule has 0 bridgehead atoms. The summed E-state index contributed by atoms with van der Waals surface area (Å²) in [5.41, 5.74) is 0. The molecule has 0 aromatic heterocycles. The molecular weight excluding hydrogens is 237 g/mol. The van der Waals surface area contributed by atoms with Crippen LogP contribution >= 0.6 is 0 Å². The van der Waals surface area contributed by atoms with Gasteiger partial charge in [0.2, 0.25) is 5.91 Å². The normalized spacial score (nSPS) is 24.9. The molecule has 2 N–H and O–H groups in total. The van der Waals surface area contributed by atoms with Crippen LogP contribution in [0.5, 0.6) is 0 Å². The summed E-state index contributed by atoms with van der Waals surface area (Å²) in [6, 6.07) is 0.0524. The van der Waals surface area contributed by atoms with Crippen LogP contribution in [0.4, 0.5) is 13.2 Å². The van der Waals surface area contributed by atoms with Crippen LogP contribution in [-0.2, 0) is 9.53 Å². The fraction of sp³-hybridized carbons (Fsp3) is 0.900. The first-order valence-corrected chi connectivity index (χ1v) is 5.52. The van der Waals surface area contributed by atoms with Crippen LogP contribution < -0.4 is 10.6 Å². The van der Waals surface area contributed by atoms with E-state index in [0.29, 0.717) is 0 Å². The number of nitrogens with one attached hydrogen (secondary N) is 2. The van der Waals surface area contributed by atoms with Crippen molar-refractivity contribution >= 4 is 5.91 Å². The third kappa shape index (κ3) is 5.36. The van der Waals surface area contributed by atoms with E-state index in [4.69, 9.17) is 4.74 Å². The van der Waals surface area contributed by atoms with Crippen molar-refractivity contribution in [1.82, 2.24) is 10.6 Å². The van der Waals surface area contributed by atoms with Gasteiger partial charge in [-0.15, -0.1) is 0 Å². The molecule has 7 heteroatoms. The van der Waals surface area contributed by atoms with E-state index in [1.54, 1.807) is 7.11 Å². The highest BCUT2D eigenvalue weighted by Crippen LogP contribution is 2.21. The van der Waals surface area contributed by atoms with Crippen LogP contribution in [0.3, 0.4) is 0 Å². The van der Waals surface area contributed by atoms with E-state index < -0.39 is 18.6 Å². The van der Waals surface area contributed by atoms with Crippen molar-refractivity contribution in [2.75, 3.05) is 20.2 Å². The Hall–Kier alpha value is -0.820. The van der Waals surface area contributed by atoms with Crippen molar-refractivity contribution in [3.05, 3.63) is 0 Å². The number of methoxy groups -OCH3 is 1. The number of rotatable bonds is 5. The average molecular weight is 254 g/mol. The topological polar surface area (TPSA) is 50.4 Å². The summed E-state index contributed by atoms with van der Waals surface area (Å²) in [6.45, 7) is -1.40. The monoisotopic (exact) mass is 254 g/mol. The van der Waals surface area contributed by atoms with Gasteiger partial charge in [0.25, 0.3) is 0 Å². The maximum absolute atomic E-state index is 11.8. The van der Waals surface area contributed by atoms with Gasteiger partial charge in [0.1, 0.15) is 6.54 Å². The number of amides is 1. The summed E-state index contributed by atoms with van der Waals surface area (Å²) < 4.78 is 40.7. The van der Waals surface area contributed by atoms with E-state index in [2.05, 4.69) is 5.32 Å². The highest BCUT2D eigenvalue weighted by atomic mass is 19.4. The minimum absolute atomic E-state index is 0.0467. The number of hydrogen-bond donors (Lipinski definition) is 2. The molecule has 1 aliphatic carbocycles. The lowest BCUT2D eigenvalue weighted by atomic mass is 10.2. The molecular formula is C10H17F3N2O2. The van der Waals surface area contributed by atoms with Crippen molar-refractivity contribution in [2.24, 2.45) is 0 Å². The van der Waals surface area contributed by atoms with Gasteiger partial charge in [-0.3, -0.25) is 4.79 Å². The molecule has 1 fully saturated rings. The van der Waals surface area contributed by atoms with Crippen molar-refractivity contribution < 1.29 is 22.7 Å². The maximum Gasteiger partial charge on any atom is 0.405 e. The molecule has 2 atom stereocenters. The smallest absolute Gasteiger partial charge is 0.380 e. The lowest BCUT2D eigenvalue weighted by Gasteiger charge is -2.19. The molecule has 0 spiro atoms. The van der Waals surface area contributed by atoms with E-state index in [9.17, 15) is 18.0 Å². The lowest BCUT2D eigenvalue weighted by molar-refractivity contribution is -0.138. The molecule has 1 amide bonds. The molecule has 0 aromatic rings. The van der Waals surface area contributed by atoms with Crippen LogP contribution in [0, 0.1) is 0 Å². The Morgan fingerprint density at radius 1 is 1.41 bits per heavy atom. The molecule has 0 heterocycles. The SMILES string of the molecule is COC1CCCC1NCC(=O)NCC(F)(F)F. The molecule has 0 aromatic carbocycles. The van der Waals surface area contributed by atoms with Crippen LogP contribution in [-0.4, -0.2) is 44.4 Å². The molecule has 100 valence electrons. The Morgan fingerprint density at radius 2 is 2.12 bits per heavy atom. The molecule has 17 heavy (non-hydrogen) atoms. The highest BCUT2D eigenvalue weighted by Gasteiger charge is 2.29. The van der Waals surface area contributed by atoms with Gasteiger partial charge < -0.3 is 15.4 Å². The average Bonchev–Trinajstić information content (AvgIpc) is 2.69. The van der Waals surface area contributed by atoms with Gasteiger partial charge in [0.15, 0.2) is 0 Å². The molecule has 0 radical (unpaired) electrons. The zero-order valence-corrected chi connectivity index (χ0v) is 9.64. The lowest BCUT2D eigenvalue weighted by Crippen LogP contribution is -2.44. The minimum Gasteiger partial charge on any atom is -0.380 e. The van der Waals surface area contributed by atoms with Crippen LogP contribution in [0.2, 0.25) is 0 Å². The van der Waals surface area contributed by atoms with E-state index in [0.717, 1.165) is 19.3 Å². The molecule has 0 saturated heterocycles. The number of hydrogen-bond acceptors (Lipinski definition) is 3. The highest BCUT2D eigenvalue weighted by molar-refractivity contribution is 5.78. The van der Waals surface area contributed by atoms with Crippen LogP contribution in [0.1, 0.15) is 19.3 Å². The minimum atomic E-state index is -4.36. The molecule has 2 unspecified atom stereocenters. The van der Waals surface area contributed by atoms with Gasteiger partial charge in [-0.05, 0) is 19.3 Å². The zero-order valence-electron chi connectivity index (χ0n) is 9.64. The Kier molecular flexibility index (Phi) is 5.20. The van der Waals surface area contributed by atoms with E-state index in [1.807, 2.05) is 5.32 Å². The predicted molar refractivity (Wildman–Crippen MR) is 55.5 cm³/mol. The van der Waals surface area contributed by atoms with Crippen LogP contribution in [0.25, 0.3) is 0 Å². The van der Waals surface area contributed by atoms with Crippen molar-refractivity contribution in [3.63, 3.8) is 0 Å². The van der Waals surface area contributed by atoms with Crippen molar-refractivity contribution in [2.45, 2.75) is 37.6 Å². The Labute approximate surface area is 97.9 Å². The third-order valence-electron chi connectivity index (χ3n) is 2.77. The summed E-state index contributed by atoms with van der Waals surface area (Å²) >= 11 is 0. The first-order chi connectivity index (χ1) is 7.92. The molecule has 1 aliphatic rings.